The van der Waals surface area contributed by atoms with E-state index in [1.165, 1.54) is 21.1 Å². The number of nitrogens with zero attached hydrogens (tertiary/aromatic N) is 1. The molecule has 0 saturated carbocycles. The maximum atomic E-state index is 12.7. The van der Waals surface area contributed by atoms with Gasteiger partial charge in [-0.1, -0.05) is 35.9 Å². The molecule has 2 atom stereocenters. The maximum Gasteiger partial charge on any atom is 0.344 e. The second kappa shape index (κ2) is 10.5. The summed E-state index contributed by atoms with van der Waals surface area (Å²) in [6.07, 6.45) is -0.116. The molecule has 2 N–H and O–H groups in total. The number of hydrogen-bond acceptors (Lipinski definition) is 7. The average Bonchev–Trinajstić information content (AvgIpc) is 3.17. The lowest BCUT2D eigenvalue weighted by Crippen LogP contribution is -2.61. The predicted molar refractivity (Wildman–Crippen MR) is 128 cm³/mol. The Hall–Kier alpha value is -2.94. The van der Waals surface area contributed by atoms with E-state index in [9.17, 15) is 19.5 Å². The van der Waals surface area contributed by atoms with Crippen LogP contribution in [0.2, 0.25) is 5.02 Å². The average molecular weight is 489 g/mol. The number of benzene rings is 2. The summed E-state index contributed by atoms with van der Waals surface area (Å²) in [4.78, 5) is 39.1. The van der Waals surface area contributed by atoms with E-state index >= 15 is 0 Å². The van der Waals surface area contributed by atoms with Crippen LogP contribution in [0, 0.1) is 0 Å². The monoisotopic (exact) mass is 488 g/mol. The largest absolute Gasteiger partial charge is 0.467 e. The van der Waals surface area contributed by atoms with E-state index < -0.39 is 29.5 Å². The topological polar surface area (TPSA) is 105 Å². The molecular formula is C25H29ClN2O6. The van der Waals surface area contributed by atoms with Gasteiger partial charge >= 0.3 is 11.9 Å². The highest BCUT2D eigenvalue weighted by atomic mass is 35.5. The molecule has 182 valence electrons. The van der Waals surface area contributed by atoms with Crippen molar-refractivity contribution in [2.45, 2.75) is 44.4 Å². The molecule has 0 saturated heterocycles. The molecule has 0 aromatic heterocycles. The van der Waals surface area contributed by atoms with Crippen molar-refractivity contribution < 1.29 is 29.0 Å². The van der Waals surface area contributed by atoms with Gasteiger partial charge in [0, 0.05) is 36.6 Å². The highest BCUT2D eigenvalue weighted by molar-refractivity contribution is 6.30. The second-order valence-corrected chi connectivity index (χ2v) is 8.86. The number of halogens is 1. The smallest absolute Gasteiger partial charge is 0.344 e. The van der Waals surface area contributed by atoms with Gasteiger partial charge in [0.25, 0.3) is 0 Å². The summed E-state index contributed by atoms with van der Waals surface area (Å²) in [5.74, 6) is -2.16. The van der Waals surface area contributed by atoms with E-state index in [4.69, 9.17) is 21.1 Å². The lowest BCUT2D eigenvalue weighted by atomic mass is 9.93. The van der Waals surface area contributed by atoms with E-state index in [1.54, 1.807) is 24.3 Å². The van der Waals surface area contributed by atoms with E-state index in [0.717, 1.165) is 16.0 Å². The summed E-state index contributed by atoms with van der Waals surface area (Å²) in [6, 6.07) is 12.6. The zero-order chi connectivity index (χ0) is 25.0. The standard InChI is InChI=1S/C25H29ClN2O6/c1-15(27-14-22(30)18-6-5-7-20(26)12-18)10-17-8-9-21-19(11-17)13-25(23(31)33-3,24(32)34-4)28(21)16(2)29/h5-9,11-12,15,22,27,30H,10,13-14H2,1-4H3/t15?,22-/m0/s1. The highest BCUT2D eigenvalue weighted by Crippen LogP contribution is 2.41. The van der Waals surface area contributed by atoms with Crippen molar-refractivity contribution in [1.29, 1.82) is 0 Å². The fourth-order valence-electron chi connectivity index (χ4n) is 4.44. The molecule has 0 aliphatic carbocycles. The molecule has 9 heteroatoms. The molecule has 3 rings (SSSR count). The number of nitrogens with one attached hydrogen (secondary N) is 1. The van der Waals surface area contributed by atoms with Crippen LogP contribution in [0.4, 0.5) is 5.69 Å². The Morgan fingerprint density at radius 2 is 1.82 bits per heavy atom. The van der Waals surface area contributed by atoms with Crippen molar-refractivity contribution in [3.8, 4) is 0 Å². The van der Waals surface area contributed by atoms with Gasteiger partial charge in [-0.25, -0.2) is 9.59 Å². The van der Waals surface area contributed by atoms with E-state index in [1.807, 2.05) is 25.1 Å². The van der Waals surface area contributed by atoms with Crippen LogP contribution in [0.3, 0.4) is 0 Å². The lowest BCUT2D eigenvalue weighted by molar-refractivity contribution is -0.162. The fraction of sp³-hybridized carbons (Fsp3) is 0.400. The van der Waals surface area contributed by atoms with Gasteiger partial charge in [0.2, 0.25) is 11.4 Å². The van der Waals surface area contributed by atoms with Gasteiger partial charge in [0.1, 0.15) is 0 Å². The van der Waals surface area contributed by atoms with Crippen molar-refractivity contribution in [3.05, 3.63) is 64.2 Å². The Balaban J connectivity index is 1.76. The number of ether oxygens (including phenoxy) is 2. The van der Waals surface area contributed by atoms with Crippen LogP contribution in [0.25, 0.3) is 0 Å². The van der Waals surface area contributed by atoms with Crippen molar-refractivity contribution >= 4 is 35.1 Å². The first-order valence-corrected chi connectivity index (χ1v) is 11.3. The van der Waals surface area contributed by atoms with E-state index in [-0.39, 0.29) is 12.5 Å². The Kier molecular flexibility index (Phi) is 7.97. The Morgan fingerprint density at radius 1 is 1.15 bits per heavy atom. The van der Waals surface area contributed by atoms with Crippen molar-refractivity contribution in [3.63, 3.8) is 0 Å². The number of hydrogen-bond donors (Lipinski definition) is 2. The number of aliphatic hydroxyl groups is 1. The minimum absolute atomic E-state index is 0.0168. The molecule has 2 aromatic carbocycles. The van der Waals surface area contributed by atoms with Crippen LogP contribution in [0.15, 0.2) is 42.5 Å². The molecular weight excluding hydrogens is 460 g/mol. The van der Waals surface area contributed by atoms with Gasteiger partial charge in [-0.3, -0.25) is 9.69 Å². The first-order valence-electron chi connectivity index (χ1n) is 10.9. The molecule has 34 heavy (non-hydrogen) atoms. The zero-order valence-electron chi connectivity index (χ0n) is 19.6. The number of esters is 2. The first-order chi connectivity index (χ1) is 16.1. The van der Waals surface area contributed by atoms with Gasteiger partial charge in [-0.05, 0) is 48.2 Å². The molecule has 0 spiro atoms. The number of aliphatic hydroxyl groups excluding tert-OH is 1. The van der Waals surface area contributed by atoms with Gasteiger partial charge in [0.15, 0.2) is 0 Å². The summed E-state index contributed by atoms with van der Waals surface area (Å²) < 4.78 is 9.78. The fourth-order valence-corrected chi connectivity index (χ4v) is 4.64. The van der Waals surface area contributed by atoms with Gasteiger partial charge in [0.05, 0.1) is 20.3 Å². The van der Waals surface area contributed by atoms with E-state index in [2.05, 4.69) is 5.32 Å². The summed E-state index contributed by atoms with van der Waals surface area (Å²) in [6.45, 7) is 3.63. The minimum Gasteiger partial charge on any atom is -0.467 e. The number of methoxy groups -OCH3 is 2. The number of carbonyl (C=O) groups excluding carboxylic acids is 3. The van der Waals surface area contributed by atoms with Gasteiger partial charge in [-0.2, -0.15) is 0 Å². The minimum atomic E-state index is -1.89. The summed E-state index contributed by atoms with van der Waals surface area (Å²) in [5, 5.41) is 14.3. The third-order valence-corrected chi connectivity index (χ3v) is 6.24. The predicted octanol–water partition coefficient (Wildman–Crippen LogP) is 2.59. The number of amides is 1. The molecule has 1 aliphatic rings. The number of rotatable bonds is 8. The summed E-state index contributed by atoms with van der Waals surface area (Å²) in [5.41, 5.74) is 0.945. The molecule has 0 radical (unpaired) electrons. The Morgan fingerprint density at radius 3 is 2.41 bits per heavy atom. The van der Waals surface area contributed by atoms with Crippen molar-refractivity contribution in [2.24, 2.45) is 0 Å². The zero-order valence-corrected chi connectivity index (χ0v) is 20.4. The molecule has 1 unspecified atom stereocenters. The number of anilines is 1. The molecule has 2 aromatic rings. The third-order valence-electron chi connectivity index (χ3n) is 6.01. The number of fused-ring (bicyclic) bond motifs is 1. The number of carbonyl (C=O) groups is 3. The molecule has 1 heterocycles. The van der Waals surface area contributed by atoms with Crippen molar-refractivity contribution in [2.75, 3.05) is 25.7 Å². The molecule has 8 nitrogen and oxygen atoms in total. The van der Waals surface area contributed by atoms with Crippen LogP contribution in [-0.2, 0) is 36.7 Å². The Bertz CT molecular complexity index is 1070. The molecule has 1 amide bonds. The molecule has 0 fully saturated rings. The molecule has 0 bridgehead atoms. The second-order valence-electron chi connectivity index (χ2n) is 8.42. The normalized spacial score (nSPS) is 15.9. The van der Waals surface area contributed by atoms with Crippen LogP contribution in [0.1, 0.15) is 36.6 Å². The van der Waals surface area contributed by atoms with Gasteiger partial charge in [-0.15, -0.1) is 0 Å². The Labute approximate surface area is 203 Å². The molecule has 1 aliphatic heterocycles. The SMILES string of the molecule is COC(=O)C1(C(=O)OC)Cc2cc(CC(C)NC[C@H](O)c3cccc(Cl)c3)ccc2N1C(C)=O. The third kappa shape index (κ3) is 4.94. The van der Waals surface area contributed by atoms with Crippen LogP contribution in [0.5, 0.6) is 0 Å². The van der Waals surface area contributed by atoms with Crippen LogP contribution in [-0.4, -0.2) is 55.3 Å². The van der Waals surface area contributed by atoms with E-state index in [0.29, 0.717) is 29.2 Å². The van der Waals surface area contributed by atoms with Gasteiger partial charge < -0.3 is 19.9 Å². The summed E-state index contributed by atoms with van der Waals surface area (Å²) >= 11 is 6.00. The maximum absolute atomic E-state index is 12.7. The highest BCUT2D eigenvalue weighted by Gasteiger charge is 2.59. The van der Waals surface area contributed by atoms with Crippen LogP contribution >= 0.6 is 11.6 Å². The first kappa shape index (κ1) is 25.7. The quantitative estimate of drug-likeness (QED) is 0.434. The van der Waals surface area contributed by atoms with Crippen LogP contribution < -0.4 is 10.2 Å². The van der Waals surface area contributed by atoms with Crippen molar-refractivity contribution in [1.82, 2.24) is 5.32 Å². The summed E-state index contributed by atoms with van der Waals surface area (Å²) in [7, 11) is 2.34. The lowest BCUT2D eigenvalue weighted by Gasteiger charge is -2.32.